The van der Waals surface area contributed by atoms with Crippen molar-refractivity contribution < 1.29 is 170 Å². The molecule has 0 saturated carbocycles. The van der Waals surface area contributed by atoms with Crippen LogP contribution in [0.1, 0.15) is 209 Å². The van der Waals surface area contributed by atoms with Crippen molar-refractivity contribution in [1.29, 1.82) is 0 Å². The topological polar surface area (TPSA) is 458 Å². The molecule has 0 rings (SSSR count). The Morgan fingerprint density at radius 3 is 0.297 bits per heavy atom. The zero-order chi connectivity index (χ0) is 58.2. The summed E-state index contributed by atoms with van der Waals surface area (Å²) >= 11 is 0. The predicted octanol–water partition coefficient (Wildman–Crippen LogP) is -4.04. The van der Waals surface area contributed by atoms with Crippen molar-refractivity contribution in [3.05, 3.63) is 0 Å². The molecule has 0 heterocycles. The van der Waals surface area contributed by atoms with Gasteiger partial charge >= 0.3 is 52.4 Å². The zero-order valence-corrected chi connectivity index (χ0v) is 48.7. The second-order valence-electron chi connectivity index (χ2n) is 14.7. The minimum atomic E-state index is -1.28. The molecule has 0 spiro atoms. The van der Waals surface area contributed by atoms with Gasteiger partial charge in [0.1, 0.15) is 46.3 Å². The molecule has 0 atom stereocenters. The number of carbonyl (C=O) groups is 16. The van der Waals surface area contributed by atoms with Gasteiger partial charge in [0.05, 0.1) is 0 Å². The minimum absolute atomic E-state index is 0. The summed E-state index contributed by atoms with van der Waals surface area (Å²) in [5.41, 5.74) is 0. The van der Waals surface area contributed by atoms with Crippen molar-refractivity contribution in [1.82, 2.24) is 0 Å². The van der Waals surface area contributed by atoms with Gasteiger partial charge in [-0.2, -0.15) is 0 Å². The molecule has 0 aromatic rings. The molecule has 26 heteroatoms. The number of hydrogen-bond donors (Lipinski definition) is 0. The van der Waals surface area contributed by atoms with Gasteiger partial charge in [-0.3, -0.25) is 38.4 Å². The molecule has 0 bridgehead atoms. The summed E-state index contributed by atoms with van der Waals surface area (Å²) in [7, 11) is 0. The molecule has 0 aromatic carbocycles. The largest absolute Gasteiger partial charge is 4.00 e. The minimum Gasteiger partial charge on any atom is -0.550 e. The van der Waals surface area contributed by atoms with E-state index in [9.17, 15) is 118 Å². The fourth-order valence-electron chi connectivity index (χ4n) is 4.23. The van der Waals surface area contributed by atoms with E-state index in [1.165, 1.54) is 0 Å². The Labute approximate surface area is 470 Å². The number of ketones is 8. The van der Waals surface area contributed by atoms with E-state index in [4.69, 9.17) is 0 Å². The van der Waals surface area contributed by atoms with E-state index in [2.05, 4.69) is 0 Å². The van der Waals surface area contributed by atoms with E-state index in [0.29, 0.717) is 103 Å². The Morgan fingerprint density at radius 2 is 0.257 bits per heavy atom. The van der Waals surface area contributed by atoms with Gasteiger partial charge in [0.25, 0.3) is 0 Å². The molecule has 74 heavy (non-hydrogen) atoms. The molecule has 416 valence electrons. The SMILES string of the molecule is CCCC(=O)CC(=O)[O-].CCCC(=O)CC(=O)[O-].CCCC(=O)CC(=O)[O-].CCCC(=O)CC(=O)[O-].CCCC(=O)CC(=O)[O-].CCCC(=O)CC(=O)[O-].CCCC(=O)CC(=O)[O-].CCCC(=O)CC(=O)[O-].[Zr+4].[Zr+4]. The van der Waals surface area contributed by atoms with Gasteiger partial charge in [0.15, 0.2) is 0 Å². The number of carboxylic acid groups (broad SMARTS) is 8. The number of rotatable bonds is 32. The van der Waals surface area contributed by atoms with Gasteiger partial charge in [-0.15, -0.1) is 0 Å². The number of aliphatic carboxylic acids is 8. The van der Waals surface area contributed by atoms with Gasteiger partial charge in [-0.05, 0) is 51.4 Å². The molecule has 0 radical (unpaired) electrons. The van der Waals surface area contributed by atoms with Crippen LogP contribution in [-0.2, 0) is 129 Å². The van der Waals surface area contributed by atoms with Crippen molar-refractivity contribution in [2.75, 3.05) is 0 Å². The van der Waals surface area contributed by atoms with Crippen molar-refractivity contribution in [2.24, 2.45) is 0 Å². The molecule has 0 aliphatic heterocycles. The van der Waals surface area contributed by atoms with Crippen LogP contribution in [0.25, 0.3) is 0 Å². The Morgan fingerprint density at radius 1 is 0.189 bits per heavy atom. The molecular weight excluding hydrogens is 1140 g/mol. The summed E-state index contributed by atoms with van der Waals surface area (Å²) in [5, 5.41) is 78.0. The van der Waals surface area contributed by atoms with E-state index in [1.54, 1.807) is 0 Å². The summed E-state index contributed by atoms with van der Waals surface area (Å²) < 4.78 is 0. The van der Waals surface area contributed by atoms with Gasteiger partial charge in [-0.25, -0.2) is 0 Å². The third-order valence-electron chi connectivity index (χ3n) is 6.96. The number of carbonyl (C=O) groups excluding carboxylic acids is 16. The first-order valence-electron chi connectivity index (χ1n) is 23.0. The van der Waals surface area contributed by atoms with Gasteiger partial charge in [0.2, 0.25) is 0 Å². The monoisotopic (exact) mass is 1210 g/mol. The summed E-state index contributed by atoms with van der Waals surface area (Å²) in [6.45, 7) is 14.6. The normalized spacial score (nSPS) is 8.76. The van der Waals surface area contributed by atoms with Crippen LogP contribution in [0.3, 0.4) is 0 Å². The van der Waals surface area contributed by atoms with Gasteiger partial charge in [0, 0.05) is 150 Å². The van der Waals surface area contributed by atoms with Crippen LogP contribution >= 0.6 is 0 Å². The Kier molecular flexibility index (Phi) is 84.0. The first-order chi connectivity index (χ1) is 33.3. The number of Topliss-reactive ketones (excluding diaryl/α,β-unsaturated/α-hetero) is 8. The van der Waals surface area contributed by atoms with Crippen molar-refractivity contribution >= 4 is 94.0 Å². The summed E-state index contributed by atoms with van der Waals surface area (Å²) in [6, 6.07) is 0. The fourth-order valence-corrected chi connectivity index (χ4v) is 4.23. The van der Waals surface area contributed by atoms with Crippen molar-refractivity contribution in [2.45, 2.75) is 209 Å². The summed E-state index contributed by atoms with van der Waals surface area (Å²) in [6.07, 6.45) is 4.84. The van der Waals surface area contributed by atoms with Crippen LogP contribution in [-0.4, -0.2) is 94.0 Å². The number of hydrogen-bond acceptors (Lipinski definition) is 24. The second-order valence-corrected chi connectivity index (χ2v) is 14.7. The zero-order valence-electron chi connectivity index (χ0n) is 43.8. The summed E-state index contributed by atoms with van der Waals surface area (Å²) in [4.78, 5) is 161. The smallest absolute Gasteiger partial charge is 0.550 e. The van der Waals surface area contributed by atoms with Crippen LogP contribution in [0.15, 0.2) is 0 Å². The molecule has 0 N–H and O–H groups in total. The molecule has 0 aromatic heterocycles. The molecule has 24 nitrogen and oxygen atoms in total. The number of carboxylic acids is 8. The van der Waals surface area contributed by atoms with E-state index in [-0.39, 0.29) is 98.7 Å². The maximum Gasteiger partial charge on any atom is 4.00 e. The van der Waals surface area contributed by atoms with Crippen molar-refractivity contribution in [3.63, 3.8) is 0 Å². The van der Waals surface area contributed by atoms with E-state index < -0.39 is 99.1 Å². The third kappa shape index (κ3) is 112. The first-order valence-corrected chi connectivity index (χ1v) is 23.0. The summed E-state index contributed by atoms with van der Waals surface area (Å²) in [5.74, 6) is -12.3. The quantitative estimate of drug-likeness (QED) is 0.0579. The first kappa shape index (κ1) is 91.6. The molecule has 0 amide bonds. The molecule has 0 aliphatic rings. The molecular formula is C48H72O24Zr2. The maximum absolute atomic E-state index is 10.4. The fraction of sp³-hybridized carbons (Fsp3) is 0.667. The van der Waals surface area contributed by atoms with Crippen LogP contribution < -0.4 is 40.9 Å². The average Bonchev–Trinajstić information content (AvgIpc) is 3.18. The Hall–Kier alpha value is -5.11. The van der Waals surface area contributed by atoms with Crippen LogP contribution in [0, 0.1) is 0 Å². The van der Waals surface area contributed by atoms with Gasteiger partial charge in [-0.1, -0.05) is 55.4 Å². The van der Waals surface area contributed by atoms with Gasteiger partial charge < -0.3 is 79.2 Å². The van der Waals surface area contributed by atoms with Crippen LogP contribution in [0.5, 0.6) is 0 Å². The second kappa shape index (κ2) is 67.9. The molecule has 0 aliphatic carbocycles. The standard InChI is InChI=1S/8C6H10O3.2Zr/c8*1-2-3-5(7)4-6(8)9;;/h8*2-4H2,1H3,(H,8,9);;/q;;;;;;;;2*+4/p-8. The third-order valence-corrected chi connectivity index (χ3v) is 6.96. The molecule has 0 saturated heterocycles. The van der Waals surface area contributed by atoms with Crippen molar-refractivity contribution in [3.8, 4) is 0 Å². The average molecular weight is 1220 g/mol. The maximum atomic E-state index is 10.4. The van der Waals surface area contributed by atoms with E-state index >= 15 is 0 Å². The van der Waals surface area contributed by atoms with Crippen LogP contribution in [0.2, 0.25) is 0 Å². The van der Waals surface area contributed by atoms with E-state index in [0.717, 1.165) is 0 Å². The molecule has 0 fully saturated rings. The Balaban J connectivity index is -0.0000000788. The van der Waals surface area contributed by atoms with E-state index in [1.807, 2.05) is 55.4 Å². The Bertz CT molecular complexity index is 1310. The predicted molar refractivity (Wildman–Crippen MR) is 236 cm³/mol. The van der Waals surface area contributed by atoms with Crippen LogP contribution in [0.4, 0.5) is 0 Å². The molecule has 0 unspecified atom stereocenters.